The van der Waals surface area contributed by atoms with E-state index in [-0.39, 0.29) is 36.0 Å². The number of hydrogen-bond acceptors (Lipinski definition) is 5. The Balaban J connectivity index is 1.65. The van der Waals surface area contributed by atoms with Crippen LogP contribution < -0.4 is 10.2 Å². The molecule has 0 radical (unpaired) electrons. The van der Waals surface area contributed by atoms with E-state index in [0.29, 0.717) is 35.9 Å². The molecule has 7 nitrogen and oxygen atoms in total. The minimum Gasteiger partial charge on any atom is -0.376 e. The lowest BCUT2D eigenvalue weighted by atomic mass is 9.87. The zero-order valence-corrected chi connectivity index (χ0v) is 23.1. The van der Waals surface area contributed by atoms with Crippen LogP contribution in [-0.4, -0.2) is 53.1 Å². The second-order valence-corrected chi connectivity index (χ2v) is 12.0. The number of rotatable bonds is 6. The minimum atomic E-state index is -0.456. The van der Waals surface area contributed by atoms with Crippen molar-refractivity contribution < 1.29 is 23.1 Å². The maximum atomic E-state index is 14.4. The first-order valence-corrected chi connectivity index (χ1v) is 14.1. The van der Waals surface area contributed by atoms with E-state index in [1.54, 1.807) is 22.9 Å². The SMILES string of the molecule is CC(C)(C)c1nn(-c2ccc(F)cc2)c2c1[C@@H](c1cccc(F)c1)SCC(=O)N2CC(=O)NC[C@@H]1CCCO1. The molecule has 3 aromatic rings. The Morgan fingerprint density at radius 3 is 2.59 bits per heavy atom. The highest BCUT2D eigenvalue weighted by molar-refractivity contribution is 8.00. The summed E-state index contributed by atoms with van der Waals surface area (Å²) in [6, 6.07) is 12.2. The minimum absolute atomic E-state index is 0.0329. The molecule has 206 valence electrons. The predicted molar refractivity (Wildman–Crippen MR) is 147 cm³/mol. The normalized spacial score (nSPS) is 19.6. The largest absolute Gasteiger partial charge is 0.376 e. The summed E-state index contributed by atoms with van der Waals surface area (Å²) in [6.45, 7) is 6.89. The van der Waals surface area contributed by atoms with E-state index >= 15 is 0 Å². The van der Waals surface area contributed by atoms with Gasteiger partial charge in [0, 0.05) is 24.1 Å². The maximum Gasteiger partial charge on any atom is 0.240 e. The summed E-state index contributed by atoms with van der Waals surface area (Å²) < 4.78 is 35.5. The molecule has 0 aliphatic carbocycles. The van der Waals surface area contributed by atoms with Gasteiger partial charge >= 0.3 is 0 Å². The number of fused-ring (bicyclic) bond motifs is 1. The topological polar surface area (TPSA) is 76.5 Å². The highest BCUT2D eigenvalue weighted by atomic mass is 32.2. The molecule has 1 saturated heterocycles. The maximum absolute atomic E-state index is 14.4. The smallest absolute Gasteiger partial charge is 0.240 e. The number of thioether (sulfide) groups is 1. The molecule has 5 rings (SSSR count). The Morgan fingerprint density at radius 1 is 1.15 bits per heavy atom. The van der Waals surface area contributed by atoms with Gasteiger partial charge in [-0.05, 0) is 54.8 Å². The van der Waals surface area contributed by atoms with E-state index in [0.717, 1.165) is 18.4 Å². The van der Waals surface area contributed by atoms with Gasteiger partial charge in [-0.25, -0.2) is 13.5 Å². The van der Waals surface area contributed by atoms with E-state index in [2.05, 4.69) is 5.32 Å². The van der Waals surface area contributed by atoms with E-state index in [1.807, 2.05) is 26.8 Å². The molecule has 2 aromatic carbocycles. The van der Waals surface area contributed by atoms with Crippen molar-refractivity contribution in [1.82, 2.24) is 15.1 Å². The summed E-state index contributed by atoms with van der Waals surface area (Å²) in [5.74, 6) is -0.842. The fraction of sp³-hybridized carbons (Fsp3) is 0.414. The molecule has 39 heavy (non-hydrogen) atoms. The van der Waals surface area contributed by atoms with Crippen LogP contribution in [0.1, 0.15) is 55.7 Å². The number of anilines is 1. The second kappa shape index (κ2) is 11.1. The van der Waals surface area contributed by atoms with Gasteiger partial charge in [-0.3, -0.25) is 14.5 Å². The van der Waals surface area contributed by atoms with Crippen molar-refractivity contribution in [2.24, 2.45) is 0 Å². The molecule has 0 unspecified atom stereocenters. The van der Waals surface area contributed by atoms with Crippen molar-refractivity contribution in [3.05, 3.63) is 77.0 Å². The van der Waals surface area contributed by atoms with Crippen molar-refractivity contribution in [2.75, 3.05) is 30.3 Å². The van der Waals surface area contributed by atoms with Crippen molar-refractivity contribution >= 4 is 29.4 Å². The lowest BCUT2D eigenvalue weighted by Crippen LogP contribution is -2.44. The number of hydrogen-bond donors (Lipinski definition) is 1. The highest BCUT2D eigenvalue weighted by Crippen LogP contribution is 2.48. The third-order valence-electron chi connectivity index (χ3n) is 6.87. The van der Waals surface area contributed by atoms with Crippen LogP contribution in [0.5, 0.6) is 0 Å². The summed E-state index contributed by atoms with van der Waals surface area (Å²) in [6.07, 6.45) is 1.81. The number of nitrogens with one attached hydrogen (secondary N) is 1. The Bertz CT molecular complexity index is 1360. The summed E-state index contributed by atoms with van der Waals surface area (Å²) >= 11 is 1.38. The van der Waals surface area contributed by atoms with Gasteiger partial charge < -0.3 is 10.1 Å². The molecule has 2 atom stereocenters. The van der Waals surface area contributed by atoms with Crippen LogP contribution >= 0.6 is 11.8 Å². The van der Waals surface area contributed by atoms with Gasteiger partial charge in [-0.1, -0.05) is 32.9 Å². The molecule has 2 aliphatic rings. The highest BCUT2D eigenvalue weighted by Gasteiger charge is 2.40. The van der Waals surface area contributed by atoms with Crippen molar-refractivity contribution in [1.29, 1.82) is 0 Å². The van der Waals surface area contributed by atoms with Crippen LogP contribution in [0.4, 0.5) is 14.6 Å². The fourth-order valence-corrected chi connectivity index (χ4v) is 6.19. The molecule has 1 aromatic heterocycles. The lowest BCUT2D eigenvalue weighted by Gasteiger charge is -2.24. The lowest BCUT2D eigenvalue weighted by molar-refractivity contribution is -0.123. The monoisotopic (exact) mass is 554 g/mol. The first kappa shape index (κ1) is 27.3. The van der Waals surface area contributed by atoms with E-state index in [4.69, 9.17) is 9.84 Å². The molecule has 1 fully saturated rings. The van der Waals surface area contributed by atoms with Crippen LogP contribution in [0.25, 0.3) is 5.69 Å². The standard InChI is InChI=1S/C29H32F2N4O3S/c1-29(2,3)27-25-26(18-6-4-7-20(31)14-18)39-17-24(37)34(16-23(36)32-15-22-8-5-13-38-22)28(25)35(33-27)21-11-9-19(30)10-12-21/h4,6-7,9-12,14,22,26H,5,8,13,15-17H2,1-3H3,(H,32,36)/t22-,26+/m0/s1. The van der Waals surface area contributed by atoms with Gasteiger partial charge in [0.1, 0.15) is 24.0 Å². The molecule has 10 heteroatoms. The number of aromatic nitrogens is 2. The van der Waals surface area contributed by atoms with Crippen molar-refractivity contribution in [2.45, 2.75) is 50.4 Å². The molecule has 3 heterocycles. The van der Waals surface area contributed by atoms with Gasteiger partial charge in [0.25, 0.3) is 0 Å². The molecule has 2 aliphatic heterocycles. The summed E-state index contributed by atoms with van der Waals surface area (Å²) in [5.41, 5.74) is 2.24. The van der Waals surface area contributed by atoms with Crippen LogP contribution in [-0.2, 0) is 19.7 Å². The van der Waals surface area contributed by atoms with Gasteiger partial charge in [-0.15, -0.1) is 11.8 Å². The number of halogens is 2. The van der Waals surface area contributed by atoms with Gasteiger partial charge in [0.05, 0.1) is 28.5 Å². The third kappa shape index (κ3) is 5.86. The number of amides is 2. The van der Waals surface area contributed by atoms with Gasteiger partial charge in [0.15, 0.2) is 0 Å². The summed E-state index contributed by atoms with van der Waals surface area (Å²) in [7, 11) is 0. The molecular weight excluding hydrogens is 522 g/mol. The number of carbonyl (C=O) groups is 2. The van der Waals surface area contributed by atoms with E-state index in [1.165, 1.54) is 40.9 Å². The first-order chi connectivity index (χ1) is 18.6. The Kier molecular flexibility index (Phi) is 7.77. The van der Waals surface area contributed by atoms with Crippen LogP contribution in [0.2, 0.25) is 0 Å². The Morgan fingerprint density at radius 2 is 1.92 bits per heavy atom. The number of benzene rings is 2. The zero-order chi connectivity index (χ0) is 27.7. The average molecular weight is 555 g/mol. The molecule has 0 saturated carbocycles. The molecule has 0 bridgehead atoms. The summed E-state index contributed by atoms with van der Waals surface area (Å²) in [5, 5.41) is 7.44. The Hall–Kier alpha value is -3.24. The van der Waals surface area contributed by atoms with E-state index < -0.39 is 16.5 Å². The number of nitrogens with zero attached hydrogens (tertiary/aromatic N) is 3. The second-order valence-electron chi connectivity index (χ2n) is 10.9. The average Bonchev–Trinajstić information content (AvgIpc) is 3.52. The zero-order valence-electron chi connectivity index (χ0n) is 22.2. The van der Waals surface area contributed by atoms with Gasteiger partial charge in [-0.2, -0.15) is 5.10 Å². The Labute approximate surface area is 230 Å². The molecule has 1 N–H and O–H groups in total. The van der Waals surface area contributed by atoms with E-state index in [9.17, 15) is 18.4 Å². The number of ether oxygens (including phenoxy) is 1. The third-order valence-corrected chi connectivity index (χ3v) is 8.13. The first-order valence-electron chi connectivity index (χ1n) is 13.1. The molecule has 0 spiro atoms. The quantitative estimate of drug-likeness (QED) is 0.469. The molecule has 2 amide bonds. The van der Waals surface area contributed by atoms with Crippen molar-refractivity contribution in [3.63, 3.8) is 0 Å². The van der Waals surface area contributed by atoms with Crippen LogP contribution in [0, 0.1) is 11.6 Å². The van der Waals surface area contributed by atoms with Crippen molar-refractivity contribution in [3.8, 4) is 5.69 Å². The summed E-state index contributed by atoms with van der Waals surface area (Å²) in [4.78, 5) is 28.2. The predicted octanol–water partition coefficient (Wildman–Crippen LogP) is 4.91. The van der Waals surface area contributed by atoms with Crippen LogP contribution in [0.15, 0.2) is 48.5 Å². The number of carbonyl (C=O) groups excluding carboxylic acids is 2. The fourth-order valence-electron chi connectivity index (χ4n) is 5.00. The van der Waals surface area contributed by atoms with Gasteiger partial charge in [0.2, 0.25) is 11.8 Å². The molecular formula is C29H32F2N4O3S. The van der Waals surface area contributed by atoms with Crippen LogP contribution in [0.3, 0.4) is 0 Å².